The van der Waals surface area contributed by atoms with Crippen molar-refractivity contribution in [3.05, 3.63) is 71.5 Å². The van der Waals surface area contributed by atoms with E-state index in [1.54, 1.807) is 7.11 Å². The van der Waals surface area contributed by atoms with E-state index in [0.717, 1.165) is 67.1 Å². The van der Waals surface area contributed by atoms with Crippen molar-refractivity contribution in [3.8, 4) is 11.8 Å². The van der Waals surface area contributed by atoms with Crippen LogP contribution in [-0.2, 0) is 17.8 Å². The van der Waals surface area contributed by atoms with Crippen LogP contribution in [0.25, 0.3) is 5.52 Å². The average molecular weight is 402 g/mol. The zero-order valence-corrected chi connectivity index (χ0v) is 17.3. The van der Waals surface area contributed by atoms with Crippen LogP contribution in [0.2, 0.25) is 0 Å². The first-order chi connectivity index (χ1) is 14.7. The van der Waals surface area contributed by atoms with Crippen LogP contribution < -0.4 is 4.74 Å². The monoisotopic (exact) mass is 402 g/mol. The zero-order valence-electron chi connectivity index (χ0n) is 17.3. The van der Waals surface area contributed by atoms with Gasteiger partial charge in [0.15, 0.2) is 0 Å². The fourth-order valence-electron chi connectivity index (χ4n) is 4.02. The lowest BCUT2D eigenvalue weighted by molar-refractivity contribution is -0.133. The summed E-state index contributed by atoms with van der Waals surface area (Å²) in [6.07, 6.45) is 5.28. The number of carbonyl (C=O) groups excluding carboxylic acids is 1. The number of ether oxygens (including phenoxy) is 1. The van der Waals surface area contributed by atoms with Gasteiger partial charge >= 0.3 is 0 Å². The van der Waals surface area contributed by atoms with E-state index in [1.807, 2.05) is 64.2 Å². The molecule has 6 heteroatoms. The number of amides is 1. The summed E-state index contributed by atoms with van der Waals surface area (Å²) in [7, 11) is 1.65. The van der Waals surface area contributed by atoms with Crippen molar-refractivity contribution >= 4 is 11.4 Å². The fourth-order valence-corrected chi connectivity index (χ4v) is 4.02. The first-order valence-corrected chi connectivity index (χ1v) is 10.3. The van der Waals surface area contributed by atoms with Crippen molar-refractivity contribution in [1.82, 2.24) is 14.2 Å². The number of pyridine rings is 1. The molecule has 3 heterocycles. The molecule has 30 heavy (non-hydrogen) atoms. The van der Waals surface area contributed by atoms with Gasteiger partial charge in [0.05, 0.1) is 18.2 Å². The summed E-state index contributed by atoms with van der Waals surface area (Å²) in [6.45, 7) is 3.85. The van der Waals surface area contributed by atoms with Gasteiger partial charge in [0.2, 0.25) is 5.91 Å². The predicted molar refractivity (Wildman–Crippen MR) is 115 cm³/mol. The zero-order chi connectivity index (χ0) is 20.9. The molecule has 0 radical (unpaired) electrons. The second kappa shape index (κ2) is 9.02. The normalized spacial score (nSPS) is 14.6. The summed E-state index contributed by atoms with van der Waals surface area (Å²) in [4.78, 5) is 16.9. The van der Waals surface area contributed by atoms with Crippen LogP contribution in [0.5, 0.6) is 5.75 Å². The van der Waals surface area contributed by atoms with E-state index in [2.05, 4.69) is 11.0 Å². The molecular formula is C24H26N4O2. The molecule has 0 bridgehead atoms. The minimum atomic E-state index is 0.206. The highest BCUT2D eigenvalue weighted by atomic mass is 16.5. The standard InChI is InChI=1S/C24H26N4O2/c1-30-21-8-5-19(6-9-21)7-10-24(29)27-14-12-26(13-15-27)17-20-18-28-11-3-2-4-23(28)22(20)16-25/h2-6,8-9,11,18H,7,10,12-15,17H2,1H3. The van der Waals surface area contributed by atoms with Gasteiger partial charge in [-0.3, -0.25) is 9.69 Å². The Hall–Kier alpha value is -3.30. The first kappa shape index (κ1) is 20.0. The quantitative estimate of drug-likeness (QED) is 0.636. The molecule has 1 aromatic carbocycles. The summed E-state index contributed by atoms with van der Waals surface area (Å²) >= 11 is 0. The molecule has 154 valence electrons. The third-order valence-corrected chi connectivity index (χ3v) is 5.78. The molecule has 1 fully saturated rings. The molecule has 1 aliphatic rings. The molecule has 2 aromatic heterocycles. The second-order valence-electron chi connectivity index (χ2n) is 7.64. The number of aromatic nitrogens is 1. The molecule has 0 aliphatic carbocycles. The van der Waals surface area contributed by atoms with Gasteiger partial charge in [-0.05, 0) is 36.2 Å². The summed E-state index contributed by atoms with van der Waals surface area (Å²) in [5, 5.41) is 9.59. The van der Waals surface area contributed by atoms with E-state index in [-0.39, 0.29) is 5.91 Å². The third kappa shape index (κ3) is 4.32. The number of piperazine rings is 1. The van der Waals surface area contributed by atoms with Crippen LogP contribution in [0.1, 0.15) is 23.1 Å². The lowest BCUT2D eigenvalue weighted by atomic mass is 10.1. The predicted octanol–water partition coefficient (Wildman–Crippen LogP) is 3.10. The molecule has 4 rings (SSSR count). The van der Waals surface area contributed by atoms with Crippen molar-refractivity contribution in [2.75, 3.05) is 33.3 Å². The highest BCUT2D eigenvalue weighted by Crippen LogP contribution is 2.20. The number of rotatable bonds is 6. The van der Waals surface area contributed by atoms with E-state index in [4.69, 9.17) is 4.74 Å². The van der Waals surface area contributed by atoms with Gasteiger partial charge in [-0.2, -0.15) is 5.26 Å². The van der Waals surface area contributed by atoms with E-state index < -0.39 is 0 Å². The summed E-state index contributed by atoms with van der Waals surface area (Å²) in [5.41, 5.74) is 3.88. The molecule has 0 atom stereocenters. The molecule has 1 aliphatic heterocycles. The van der Waals surface area contributed by atoms with Gasteiger partial charge in [-0.15, -0.1) is 0 Å². The lowest BCUT2D eigenvalue weighted by Gasteiger charge is -2.34. The van der Waals surface area contributed by atoms with Crippen LogP contribution in [0.15, 0.2) is 54.9 Å². The van der Waals surface area contributed by atoms with E-state index in [0.29, 0.717) is 6.42 Å². The van der Waals surface area contributed by atoms with Gasteiger partial charge in [0.25, 0.3) is 0 Å². The Morgan fingerprint density at radius 2 is 1.87 bits per heavy atom. The topological polar surface area (TPSA) is 61.0 Å². The Labute approximate surface area is 176 Å². The molecule has 1 saturated heterocycles. The van der Waals surface area contributed by atoms with Crippen LogP contribution >= 0.6 is 0 Å². The Bertz CT molecular complexity index is 1060. The molecule has 3 aromatic rings. The first-order valence-electron chi connectivity index (χ1n) is 10.3. The van der Waals surface area contributed by atoms with Crippen molar-refractivity contribution in [3.63, 3.8) is 0 Å². The molecule has 6 nitrogen and oxygen atoms in total. The molecule has 1 amide bonds. The number of fused-ring (bicyclic) bond motifs is 1. The number of benzene rings is 1. The maximum absolute atomic E-state index is 12.6. The fraction of sp³-hybridized carbons (Fsp3) is 0.333. The smallest absolute Gasteiger partial charge is 0.222 e. The van der Waals surface area contributed by atoms with Crippen LogP contribution in [0.3, 0.4) is 0 Å². The average Bonchev–Trinajstić information content (AvgIpc) is 3.15. The van der Waals surface area contributed by atoms with Crippen LogP contribution in [0.4, 0.5) is 0 Å². The van der Waals surface area contributed by atoms with E-state index in [1.165, 1.54) is 0 Å². The highest BCUT2D eigenvalue weighted by molar-refractivity contribution is 5.76. The molecule has 0 saturated carbocycles. The maximum Gasteiger partial charge on any atom is 0.222 e. The van der Waals surface area contributed by atoms with Crippen molar-refractivity contribution in [2.24, 2.45) is 0 Å². The van der Waals surface area contributed by atoms with Gasteiger partial charge < -0.3 is 14.0 Å². The summed E-state index contributed by atoms with van der Waals surface area (Å²) in [6, 6.07) is 16.1. The Balaban J connectivity index is 1.29. The Kier molecular flexibility index (Phi) is 6.01. The van der Waals surface area contributed by atoms with Gasteiger partial charge in [0.1, 0.15) is 11.8 Å². The van der Waals surface area contributed by atoms with Crippen molar-refractivity contribution in [2.45, 2.75) is 19.4 Å². The van der Waals surface area contributed by atoms with Gasteiger partial charge in [-0.1, -0.05) is 18.2 Å². The summed E-state index contributed by atoms with van der Waals surface area (Å²) < 4.78 is 7.18. The number of aryl methyl sites for hydroxylation is 1. The molecule has 0 unspecified atom stereocenters. The molecule has 0 spiro atoms. The van der Waals surface area contributed by atoms with Crippen LogP contribution in [-0.4, -0.2) is 53.4 Å². The number of carbonyl (C=O) groups is 1. The molecular weight excluding hydrogens is 376 g/mol. The number of hydrogen-bond donors (Lipinski definition) is 0. The van der Waals surface area contributed by atoms with E-state index in [9.17, 15) is 10.1 Å². The minimum Gasteiger partial charge on any atom is -0.497 e. The number of hydrogen-bond acceptors (Lipinski definition) is 4. The van der Waals surface area contributed by atoms with E-state index >= 15 is 0 Å². The van der Waals surface area contributed by atoms with Gasteiger partial charge in [0, 0.05) is 57.1 Å². The number of nitrogens with zero attached hydrogens (tertiary/aromatic N) is 4. The van der Waals surface area contributed by atoms with Gasteiger partial charge in [-0.25, -0.2) is 0 Å². The lowest BCUT2D eigenvalue weighted by Crippen LogP contribution is -2.48. The minimum absolute atomic E-state index is 0.206. The second-order valence-corrected chi connectivity index (χ2v) is 7.64. The van der Waals surface area contributed by atoms with Crippen molar-refractivity contribution in [1.29, 1.82) is 5.26 Å². The maximum atomic E-state index is 12.6. The highest BCUT2D eigenvalue weighted by Gasteiger charge is 2.22. The summed E-state index contributed by atoms with van der Waals surface area (Å²) in [5.74, 6) is 1.04. The number of nitriles is 1. The Morgan fingerprint density at radius 1 is 1.10 bits per heavy atom. The molecule has 0 N–H and O–H groups in total. The SMILES string of the molecule is COc1ccc(CCC(=O)N2CCN(Cc3cn4ccccc4c3C#N)CC2)cc1. The largest absolute Gasteiger partial charge is 0.497 e. The third-order valence-electron chi connectivity index (χ3n) is 5.78. The van der Waals surface area contributed by atoms with Crippen LogP contribution in [0, 0.1) is 11.3 Å². The Morgan fingerprint density at radius 3 is 2.57 bits per heavy atom. The van der Waals surface area contributed by atoms with Crippen molar-refractivity contribution < 1.29 is 9.53 Å². The number of methoxy groups -OCH3 is 1.